The molecule has 0 amide bonds. The van der Waals surface area contributed by atoms with Crippen molar-refractivity contribution in [3.63, 3.8) is 0 Å². The number of ether oxygens (including phenoxy) is 2. The van der Waals surface area contributed by atoms with Crippen LogP contribution in [0.1, 0.15) is 39.0 Å². The van der Waals surface area contributed by atoms with Gasteiger partial charge in [0, 0.05) is 39.3 Å². The molecule has 1 aromatic carbocycles. The molecule has 4 heterocycles. The predicted molar refractivity (Wildman–Crippen MR) is 138 cm³/mol. The van der Waals surface area contributed by atoms with Gasteiger partial charge in [-0.3, -0.25) is 0 Å². The standard InChI is InChI=1S/C20H31N7O3.C6H4F2/c1-20(2,28-3)17-24-19(25-30-17)26-7-4-14(5-8-26)13-29-16-10-22-18(23-11-16)27-9-6-15(21)12-27;7-5-1-2-6(8)4-3-5/h10-11,14-15H,4-9,12-13,21H2,1-3H3;1-4H. The van der Waals surface area contributed by atoms with E-state index in [9.17, 15) is 8.78 Å². The number of benzene rings is 1. The monoisotopic (exact) mass is 531 g/mol. The molecule has 38 heavy (non-hydrogen) atoms. The topological polar surface area (TPSA) is 116 Å². The van der Waals surface area contributed by atoms with Gasteiger partial charge < -0.3 is 29.5 Å². The summed E-state index contributed by atoms with van der Waals surface area (Å²) in [6.45, 7) is 7.91. The second-order valence-corrected chi connectivity index (χ2v) is 10.0. The van der Waals surface area contributed by atoms with Crippen LogP contribution in [0.25, 0.3) is 0 Å². The van der Waals surface area contributed by atoms with Crippen molar-refractivity contribution in [3.8, 4) is 5.75 Å². The third-order valence-electron chi connectivity index (χ3n) is 6.75. The van der Waals surface area contributed by atoms with E-state index in [2.05, 4.69) is 29.9 Å². The van der Waals surface area contributed by atoms with Crippen molar-refractivity contribution in [2.45, 2.75) is 44.8 Å². The summed E-state index contributed by atoms with van der Waals surface area (Å²) in [7, 11) is 1.63. The molecule has 0 saturated carbocycles. The van der Waals surface area contributed by atoms with Gasteiger partial charge >= 0.3 is 0 Å². The van der Waals surface area contributed by atoms with E-state index < -0.39 is 17.2 Å². The van der Waals surface area contributed by atoms with E-state index >= 15 is 0 Å². The van der Waals surface area contributed by atoms with Gasteiger partial charge in [-0.25, -0.2) is 18.7 Å². The van der Waals surface area contributed by atoms with E-state index in [1.807, 2.05) is 13.8 Å². The Morgan fingerprint density at radius 1 is 0.974 bits per heavy atom. The molecule has 3 aromatic rings. The zero-order chi connectivity index (χ0) is 27.1. The third-order valence-corrected chi connectivity index (χ3v) is 6.75. The molecule has 5 rings (SSSR count). The molecule has 2 aliphatic heterocycles. The third kappa shape index (κ3) is 7.35. The second kappa shape index (κ2) is 12.4. The zero-order valence-corrected chi connectivity index (χ0v) is 22.0. The van der Waals surface area contributed by atoms with Gasteiger partial charge in [-0.05, 0) is 68.4 Å². The first-order valence-corrected chi connectivity index (χ1v) is 12.7. The number of nitrogens with zero attached hydrogens (tertiary/aromatic N) is 6. The fourth-order valence-electron chi connectivity index (χ4n) is 4.14. The Balaban J connectivity index is 0.000000360. The van der Waals surface area contributed by atoms with Crippen LogP contribution in [0.3, 0.4) is 0 Å². The fourth-order valence-corrected chi connectivity index (χ4v) is 4.14. The van der Waals surface area contributed by atoms with E-state index in [1.165, 1.54) is 0 Å². The van der Waals surface area contributed by atoms with Crippen molar-refractivity contribution in [1.82, 2.24) is 20.1 Å². The number of halogens is 2. The Kier molecular flexibility index (Phi) is 9.05. The molecular weight excluding hydrogens is 496 g/mol. The van der Waals surface area contributed by atoms with Gasteiger partial charge in [-0.15, -0.1) is 0 Å². The van der Waals surface area contributed by atoms with E-state index in [0.717, 1.165) is 75.7 Å². The van der Waals surface area contributed by atoms with Crippen LogP contribution >= 0.6 is 0 Å². The summed E-state index contributed by atoms with van der Waals surface area (Å²) in [6, 6.07) is 4.52. The maximum absolute atomic E-state index is 11.9. The number of hydrogen-bond acceptors (Lipinski definition) is 10. The minimum absolute atomic E-state index is 0.209. The highest BCUT2D eigenvalue weighted by atomic mass is 19.1. The molecular formula is C26H35F2N7O3. The second-order valence-electron chi connectivity index (χ2n) is 10.0. The van der Waals surface area contributed by atoms with Crippen molar-refractivity contribution in [3.05, 3.63) is 54.2 Å². The van der Waals surface area contributed by atoms with E-state index in [4.69, 9.17) is 19.7 Å². The molecule has 2 fully saturated rings. The summed E-state index contributed by atoms with van der Waals surface area (Å²) in [6.07, 6.45) is 6.49. The van der Waals surface area contributed by atoms with Crippen LogP contribution in [-0.4, -0.2) is 66.0 Å². The molecule has 0 radical (unpaired) electrons. The SMILES string of the molecule is COC(C)(C)c1nc(N2CCC(COc3cnc(N4CCC(N)C4)nc3)CC2)no1.Fc1ccc(F)cc1. The molecule has 2 aliphatic rings. The van der Waals surface area contributed by atoms with Crippen LogP contribution in [0.2, 0.25) is 0 Å². The molecule has 1 atom stereocenters. The predicted octanol–water partition coefficient (Wildman–Crippen LogP) is 3.54. The normalized spacial score (nSPS) is 18.3. The Hall–Kier alpha value is -3.38. The van der Waals surface area contributed by atoms with Crippen molar-refractivity contribution < 1.29 is 22.8 Å². The van der Waals surface area contributed by atoms with Crippen molar-refractivity contribution >= 4 is 11.9 Å². The van der Waals surface area contributed by atoms with Gasteiger partial charge in [-0.1, -0.05) is 0 Å². The van der Waals surface area contributed by atoms with E-state index in [-0.39, 0.29) is 6.04 Å². The first-order valence-electron chi connectivity index (χ1n) is 12.7. The van der Waals surface area contributed by atoms with Crippen molar-refractivity contribution in [2.24, 2.45) is 11.7 Å². The molecule has 2 N–H and O–H groups in total. The van der Waals surface area contributed by atoms with Gasteiger partial charge in [-0.2, -0.15) is 4.98 Å². The Morgan fingerprint density at radius 3 is 2.13 bits per heavy atom. The molecule has 0 spiro atoms. The molecule has 2 saturated heterocycles. The number of aromatic nitrogens is 4. The van der Waals surface area contributed by atoms with Crippen LogP contribution in [0.4, 0.5) is 20.7 Å². The number of hydrogen-bond donors (Lipinski definition) is 1. The molecule has 10 nitrogen and oxygen atoms in total. The zero-order valence-electron chi connectivity index (χ0n) is 22.0. The number of anilines is 2. The lowest BCUT2D eigenvalue weighted by atomic mass is 9.98. The van der Waals surface area contributed by atoms with Crippen LogP contribution in [0.15, 0.2) is 41.2 Å². The molecule has 1 unspecified atom stereocenters. The molecule has 0 bridgehead atoms. The number of nitrogens with two attached hydrogens (primary N) is 1. The molecule has 12 heteroatoms. The number of methoxy groups -OCH3 is 1. The lowest BCUT2D eigenvalue weighted by Crippen LogP contribution is -2.36. The maximum Gasteiger partial charge on any atom is 0.266 e. The summed E-state index contributed by atoms with van der Waals surface area (Å²) >= 11 is 0. The van der Waals surface area contributed by atoms with E-state index in [1.54, 1.807) is 19.5 Å². The maximum atomic E-state index is 11.9. The first kappa shape index (κ1) is 27.6. The molecule has 2 aromatic heterocycles. The fraction of sp³-hybridized carbons (Fsp3) is 0.538. The summed E-state index contributed by atoms with van der Waals surface area (Å²) in [5, 5.41) is 4.12. The van der Waals surface area contributed by atoms with Gasteiger partial charge in [0.2, 0.25) is 5.95 Å². The summed E-state index contributed by atoms with van der Waals surface area (Å²) < 4.78 is 40.6. The van der Waals surface area contributed by atoms with Gasteiger partial charge in [0.05, 0.1) is 19.0 Å². The lowest BCUT2D eigenvalue weighted by molar-refractivity contribution is -0.00786. The highest BCUT2D eigenvalue weighted by Gasteiger charge is 2.30. The minimum Gasteiger partial charge on any atom is -0.490 e. The van der Waals surface area contributed by atoms with Crippen molar-refractivity contribution in [1.29, 1.82) is 0 Å². The van der Waals surface area contributed by atoms with Crippen LogP contribution in [0, 0.1) is 17.6 Å². The average Bonchev–Trinajstić information content (AvgIpc) is 3.60. The average molecular weight is 532 g/mol. The summed E-state index contributed by atoms with van der Waals surface area (Å²) in [5.74, 6) is 2.19. The van der Waals surface area contributed by atoms with Crippen LogP contribution in [0.5, 0.6) is 5.75 Å². The highest BCUT2D eigenvalue weighted by Crippen LogP contribution is 2.27. The lowest BCUT2D eigenvalue weighted by Gasteiger charge is -2.30. The molecule has 0 aliphatic carbocycles. The number of piperidine rings is 1. The Bertz CT molecular complexity index is 1120. The largest absolute Gasteiger partial charge is 0.490 e. The summed E-state index contributed by atoms with van der Waals surface area (Å²) in [5.41, 5.74) is 5.36. The van der Waals surface area contributed by atoms with Gasteiger partial charge in [0.1, 0.15) is 17.2 Å². The van der Waals surface area contributed by atoms with Gasteiger partial charge in [0.15, 0.2) is 5.75 Å². The Labute approximate surface area is 221 Å². The summed E-state index contributed by atoms with van der Waals surface area (Å²) in [4.78, 5) is 17.6. The quantitative estimate of drug-likeness (QED) is 0.485. The number of rotatable bonds is 7. The van der Waals surface area contributed by atoms with E-state index in [0.29, 0.717) is 30.1 Å². The highest BCUT2D eigenvalue weighted by molar-refractivity contribution is 5.33. The Morgan fingerprint density at radius 2 is 1.58 bits per heavy atom. The molecule has 206 valence electrons. The minimum atomic E-state index is -0.587. The van der Waals surface area contributed by atoms with Gasteiger partial charge in [0.25, 0.3) is 11.8 Å². The smallest absolute Gasteiger partial charge is 0.266 e. The van der Waals surface area contributed by atoms with Crippen LogP contribution in [-0.2, 0) is 10.3 Å². The van der Waals surface area contributed by atoms with Crippen molar-refractivity contribution in [2.75, 3.05) is 49.7 Å². The van der Waals surface area contributed by atoms with Crippen LogP contribution < -0.4 is 20.3 Å². The first-order chi connectivity index (χ1) is 18.2.